The number of hydrogen-bond acceptors (Lipinski definition) is 1. The van der Waals surface area contributed by atoms with Crippen molar-refractivity contribution >= 4 is 27.5 Å². The molecule has 0 heterocycles. The van der Waals surface area contributed by atoms with Gasteiger partial charge in [0.2, 0.25) is 0 Å². The molecular formula is C8H8BrClO. The summed E-state index contributed by atoms with van der Waals surface area (Å²) in [7, 11) is 0. The molecule has 0 aliphatic carbocycles. The summed E-state index contributed by atoms with van der Waals surface area (Å²) in [4.78, 5) is 0. The SMILES string of the molecule is ClC(Br)COc1ccccc1. The molecule has 1 nitrogen and oxygen atoms in total. The monoisotopic (exact) mass is 234 g/mol. The van der Waals surface area contributed by atoms with Crippen molar-refractivity contribution in [2.45, 2.75) is 4.29 Å². The molecule has 0 aliphatic rings. The number of rotatable bonds is 3. The first-order valence-electron chi connectivity index (χ1n) is 3.25. The van der Waals surface area contributed by atoms with E-state index < -0.39 is 0 Å². The average Bonchev–Trinajstić information content (AvgIpc) is 2.03. The summed E-state index contributed by atoms with van der Waals surface area (Å²) < 4.78 is 5.17. The molecule has 0 aromatic heterocycles. The van der Waals surface area contributed by atoms with Crippen molar-refractivity contribution in [3.8, 4) is 5.75 Å². The smallest absolute Gasteiger partial charge is 0.122 e. The van der Waals surface area contributed by atoms with Crippen LogP contribution in [0.25, 0.3) is 0 Å². The van der Waals surface area contributed by atoms with Crippen molar-refractivity contribution in [1.82, 2.24) is 0 Å². The molecular weight excluding hydrogens is 227 g/mol. The molecule has 60 valence electrons. The van der Waals surface area contributed by atoms with Crippen LogP contribution in [0.5, 0.6) is 5.75 Å². The molecule has 1 rings (SSSR count). The van der Waals surface area contributed by atoms with Gasteiger partial charge in [0.15, 0.2) is 0 Å². The van der Waals surface area contributed by atoms with E-state index in [1.54, 1.807) is 0 Å². The molecule has 1 aromatic rings. The second-order valence-corrected chi connectivity index (χ2v) is 4.17. The third-order valence-electron chi connectivity index (χ3n) is 1.12. The Morgan fingerprint density at radius 3 is 2.55 bits per heavy atom. The maximum atomic E-state index is 5.62. The Morgan fingerprint density at radius 2 is 2.00 bits per heavy atom. The first-order chi connectivity index (χ1) is 5.29. The van der Waals surface area contributed by atoms with Gasteiger partial charge in [-0.1, -0.05) is 34.1 Å². The largest absolute Gasteiger partial charge is 0.491 e. The van der Waals surface area contributed by atoms with E-state index in [1.165, 1.54) is 0 Å². The number of ether oxygens (including phenoxy) is 1. The van der Waals surface area contributed by atoms with Crippen LogP contribution in [0.4, 0.5) is 0 Å². The summed E-state index contributed by atoms with van der Waals surface area (Å²) in [5.41, 5.74) is 0. The Kier molecular flexibility index (Phi) is 3.73. The van der Waals surface area contributed by atoms with Crippen molar-refractivity contribution in [2.24, 2.45) is 0 Å². The van der Waals surface area contributed by atoms with E-state index in [9.17, 15) is 0 Å². The number of para-hydroxylation sites is 1. The highest BCUT2D eigenvalue weighted by Crippen LogP contribution is 2.11. The minimum absolute atomic E-state index is 0.122. The molecule has 0 N–H and O–H groups in total. The summed E-state index contributed by atoms with van der Waals surface area (Å²) in [6, 6.07) is 9.58. The quantitative estimate of drug-likeness (QED) is 0.732. The van der Waals surface area contributed by atoms with Gasteiger partial charge < -0.3 is 4.74 Å². The van der Waals surface area contributed by atoms with Crippen LogP contribution in [-0.4, -0.2) is 10.9 Å². The minimum Gasteiger partial charge on any atom is -0.491 e. The van der Waals surface area contributed by atoms with Gasteiger partial charge in [0.05, 0.1) is 0 Å². The van der Waals surface area contributed by atoms with Gasteiger partial charge >= 0.3 is 0 Å². The predicted octanol–water partition coefficient (Wildman–Crippen LogP) is 3.03. The number of hydrogen-bond donors (Lipinski definition) is 0. The zero-order chi connectivity index (χ0) is 8.10. The maximum absolute atomic E-state index is 5.62. The van der Waals surface area contributed by atoms with Gasteiger partial charge in [-0.05, 0) is 12.1 Å². The summed E-state index contributed by atoms with van der Waals surface area (Å²) in [6.45, 7) is 0.478. The molecule has 3 heteroatoms. The lowest BCUT2D eigenvalue weighted by molar-refractivity contribution is 0.337. The van der Waals surface area contributed by atoms with Gasteiger partial charge in [-0.3, -0.25) is 0 Å². The van der Waals surface area contributed by atoms with E-state index in [2.05, 4.69) is 15.9 Å². The van der Waals surface area contributed by atoms with Crippen LogP contribution in [0, 0.1) is 0 Å². The highest BCUT2D eigenvalue weighted by atomic mass is 79.9. The van der Waals surface area contributed by atoms with Crippen LogP contribution >= 0.6 is 27.5 Å². The van der Waals surface area contributed by atoms with Crippen LogP contribution in [0.15, 0.2) is 30.3 Å². The standard InChI is InChI=1S/C8H8BrClO/c9-8(10)6-11-7-4-2-1-3-5-7/h1-5,8H,6H2. The maximum Gasteiger partial charge on any atom is 0.122 e. The minimum atomic E-state index is -0.122. The van der Waals surface area contributed by atoms with Gasteiger partial charge in [0.1, 0.15) is 16.6 Å². The second kappa shape index (κ2) is 4.62. The molecule has 0 radical (unpaired) electrons. The van der Waals surface area contributed by atoms with E-state index in [4.69, 9.17) is 16.3 Å². The van der Waals surface area contributed by atoms with Crippen molar-refractivity contribution < 1.29 is 4.74 Å². The fourth-order valence-electron chi connectivity index (χ4n) is 0.676. The highest BCUT2D eigenvalue weighted by molar-refractivity contribution is 9.10. The van der Waals surface area contributed by atoms with Crippen LogP contribution < -0.4 is 4.74 Å². The van der Waals surface area contributed by atoms with E-state index in [-0.39, 0.29) is 4.29 Å². The van der Waals surface area contributed by atoms with Crippen molar-refractivity contribution in [2.75, 3.05) is 6.61 Å². The lowest BCUT2D eigenvalue weighted by Crippen LogP contribution is -2.03. The molecule has 0 spiro atoms. The number of halogens is 2. The first kappa shape index (κ1) is 8.88. The van der Waals surface area contributed by atoms with Crippen LogP contribution in [0.3, 0.4) is 0 Å². The summed E-state index contributed by atoms with van der Waals surface area (Å²) in [6.07, 6.45) is 0. The van der Waals surface area contributed by atoms with E-state index in [0.717, 1.165) is 5.75 Å². The lowest BCUT2D eigenvalue weighted by Gasteiger charge is -2.04. The zero-order valence-corrected chi connectivity index (χ0v) is 8.18. The van der Waals surface area contributed by atoms with Gasteiger partial charge in [-0.2, -0.15) is 0 Å². The average molecular weight is 236 g/mol. The Balaban J connectivity index is 2.39. The van der Waals surface area contributed by atoms with Gasteiger partial charge in [-0.15, -0.1) is 11.6 Å². The molecule has 0 saturated carbocycles. The Morgan fingerprint density at radius 1 is 1.36 bits per heavy atom. The van der Waals surface area contributed by atoms with Crippen LogP contribution in [0.1, 0.15) is 0 Å². The molecule has 1 aromatic carbocycles. The second-order valence-electron chi connectivity index (χ2n) is 2.02. The Labute approximate surface area is 79.4 Å². The molecule has 11 heavy (non-hydrogen) atoms. The van der Waals surface area contributed by atoms with E-state index >= 15 is 0 Å². The van der Waals surface area contributed by atoms with Crippen molar-refractivity contribution in [3.05, 3.63) is 30.3 Å². The van der Waals surface area contributed by atoms with Crippen LogP contribution in [0.2, 0.25) is 0 Å². The fourth-order valence-corrected chi connectivity index (χ4v) is 0.871. The third-order valence-corrected chi connectivity index (χ3v) is 1.51. The summed E-state index contributed by atoms with van der Waals surface area (Å²) in [5, 5.41) is 0. The number of alkyl halides is 2. The van der Waals surface area contributed by atoms with Crippen LogP contribution in [-0.2, 0) is 0 Å². The Hall–Kier alpha value is -0.210. The molecule has 0 amide bonds. The lowest BCUT2D eigenvalue weighted by atomic mass is 10.3. The molecule has 0 aliphatic heterocycles. The predicted molar refractivity (Wildman–Crippen MR) is 50.5 cm³/mol. The molecule has 0 fully saturated rings. The third kappa shape index (κ3) is 3.63. The van der Waals surface area contributed by atoms with Gasteiger partial charge in [0.25, 0.3) is 0 Å². The van der Waals surface area contributed by atoms with E-state index in [0.29, 0.717) is 6.61 Å². The Bertz CT molecular complexity index is 201. The topological polar surface area (TPSA) is 9.23 Å². The zero-order valence-electron chi connectivity index (χ0n) is 5.84. The highest BCUT2D eigenvalue weighted by Gasteiger charge is 1.97. The van der Waals surface area contributed by atoms with Gasteiger partial charge in [0, 0.05) is 0 Å². The normalized spacial score (nSPS) is 12.5. The molecule has 1 unspecified atom stereocenters. The molecule has 0 saturated heterocycles. The van der Waals surface area contributed by atoms with Crippen molar-refractivity contribution in [3.63, 3.8) is 0 Å². The number of benzene rings is 1. The van der Waals surface area contributed by atoms with E-state index in [1.807, 2.05) is 30.3 Å². The summed E-state index contributed by atoms with van der Waals surface area (Å²) >= 11 is 8.79. The first-order valence-corrected chi connectivity index (χ1v) is 4.60. The van der Waals surface area contributed by atoms with Gasteiger partial charge in [-0.25, -0.2) is 0 Å². The summed E-state index contributed by atoms with van der Waals surface area (Å²) in [5.74, 6) is 0.845. The van der Waals surface area contributed by atoms with Crippen molar-refractivity contribution in [1.29, 1.82) is 0 Å². The molecule has 1 atom stereocenters. The fraction of sp³-hybridized carbons (Fsp3) is 0.250. The molecule has 0 bridgehead atoms.